The summed E-state index contributed by atoms with van der Waals surface area (Å²) in [5, 5.41) is 3.46. The van der Waals surface area contributed by atoms with Crippen LogP contribution in [0.25, 0.3) is 11.2 Å². The highest BCUT2D eigenvalue weighted by molar-refractivity contribution is 5.74. The Labute approximate surface area is 146 Å². The lowest BCUT2D eigenvalue weighted by molar-refractivity contribution is -0.347. The summed E-state index contributed by atoms with van der Waals surface area (Å²) in [5.41, 5.74) is 5.07. The molecular formula is C19H23N4O2+. The van der Waals surface area contributed by atoms with E-state index in [1.807, 2.05) is 18.3 Å². The Bertz CT molecular complexity index is 827. The maximum Gasteiger partial charge on any atom is 0.299 e. The van der Waals surface area contributed by atoms with Gasteiger partial charge in [0, 0.05) is 18.4 Å². The number of H-pyrrole nitrogens is 2. The molecule has 0 bridgehead atoms. The van der Waals surface area contributed by atoms with Crippen LogP contribution in [0, 0.1) is 0 Å². The fraction of sp³-hybridized carbons (Fsp3) is 0.368. The van der Waals surface area contributed by atoms with Crippen molar-refractivity contribution in [2.45, 2.75) is 32.0 Å². The molecule has 1 aliphatic rings. The van der Waals surface area contributed by atoms with Gasteiger partial charge >= 0.3 is 0 Å². The van der Waals surface area contributed by atoms with Gasteiger partial charge in [0.25, 0.3) is 5.65 Å². The summed E-state index contributed by atoms with van der Waals surface area (Å²) in [6.07, 6.45) is 7.74. The van der Waals surface area contributed by atoms with Crippen molar-refractivity contribution in [1.82, 2.24) is 9.97 Å². The van der Waals surface area contributed by atoms with E-state index in [0.29, 0.717) is 6.61 Å². The van der Waals surface area contributed by atoms with Gasteiger partial charge in [-0.1, -0.05) is 18.2 Å². The Balaban J connectivity index is 1.41. The van der Waals surface area contributed by atoms with E-state index < -0.39 is 0 Å². The minimum absolute atomic E-state index is 0.0374. The largest absolute Gasteiger partial charge is 0.353 e. The molecule has 0 radical (unpaired) electrons. The lowest BCUT2D eigenvalue weighted by atomic mass is 10.1. The van der Waals surface area contributed by atoms with E-state index in [-0.39, 0.29) is 6.29 Å². The van der Waals surface area contributed by atoms with Crippen molar-refractivity contribution in [1.29, 1.82) is 0 Å². The van der Waals surface area contributed by atoms with Crippen molar-refractivity contribution >= 4 is 22.5 Å². The number of aromatic nitrogens is 3. The molecule has 130 valence electrons. The molecule has 3 aromatic rings. The molecular weight excluding hydrogens is 316 g/mol. The summed E-state index contributed by atoms with van der Waals surface area (Å²) in [6, 6.07) is 10.3. The van der Waals surface area contributed by atoms with Crippen molar-refractivity contribution in [3.8, 4) is 0 Å². The van der Waals surface area contributed by atoms with Gasteiger partial charge in [0.1, 0.15) is 6.20 Å². The molecule has 0 aliphatic carbocycles. The molecule has 1 aromatic carbocycles. The molecule has 4 rings (SSSR count). The second kappa shape index (κ2) is 7.63. The number of hydrogen-bond donors (Lipinski definition) is 2. The van der Waals surface area contributed by atoms with Crippen LogP contribution < -0.4 is 10.3 Å². The van der Waals surface area contributed by atoms with Crippen LogP contribution in [-0.4, -0.2) is 29.5 Å². The van der Waals surface area contributed by atoms with Gasteiger partial charge < -0.3 is 14.8 Å². The molecule has 1 unspecified atom stereocenters. The van der Waals surface area contributed by atoms with Crippen LogP contribution in [0.5, 0.6) is 0 Å². The second-order valence-corrected chi connectivity index (χ2v) is 6.25. The summed E-state index contributed by atoms with van der Waals surface area (Å²) in [6.45, 7) is 1.47. The topological polar surface area (TPSA) is 73.3 Å². The number of pyridine rings is 1. The summed E-state index contributed by atoms with van der Waals surface area (Å²) >= 11 is 0. The molecule has 25 heavy (non-hydrogen) atoms. The van der Waals surface area contributed by atoms with E-state index in [2.05, 4.69) is 38.5 Å². The van der Waals surface area contributed by atoms with Gasteiger partial charge in [-0.05, 0) is 37.3 Å². The quantitative estimate of drug-likeness (QED) is 0.723. The van der Waals surface area contributed by atoms with E-state index in [1.165, 1.54) is 12.0 Å². The molecule has 0 saturated carbocycles. The minimum Gasteiger partial charge on any atom is -0.353 e. The number of fused-ring (bicyclic) bond motifs is 1. The molecule has 0 spiro atoms. The fourth-order valence-corrected chi connectivity index (χ4v) is 3.10. The van der Waals surface area contributed by atoms with E-state index in [0.717, 1.165) is 48.4 Å². The molecule has 2 aromatic heterocycles. The van der Waals surface area contributed by atoms with Crippen LogP contribution in [0.1, 0.15) is 24.8 Å². The number of benzene rings is 1. The zero-order chi connectivity index (χ0) is 16.9. The van der Waals surface area contributed by atoms with Gasteiger partial charge in [-0.2, -0.15) is 0 Å². The van der Waals surface area contributed by atoms with Gasteiger partial charge in [0.15, 0.2) is 18.1 Å². The molecule has 6 nitrogen and oxygen atoms in total. The van der Waals surface area contributed by atoms with E-state index in [9.17, 15) is 0 Å². The third kappa shape index (κ3) is 3.97. The highest BCUT2D eigenvalue weighted by Crippen LogP contribution is 2.23. The van der Waals surface area contributed by atoms with Crippen molar-refractivity contribution in [2.75, 3.05) is 18.5 Å². The minimum atomic E-state index is -0.0374. The predicted molar refractivity (Wildman–Crippen MR) is 95.6 cm³/mol. The van der Waals surface area contributed by atoms with Gasteiger partial charge in [0.05, 0.1) is 12.3 Å². The third-order valence-electron chi connectivity index (χ3n) is 4.43. The highest BCUT2D eigenvalue weighted by atomic mass is 16.7. The number of nitrogens with zero attached hydrogens (tertiary/aromatic N) is 1. The SMILES string of the molecule is c1ccc(Nc2cnc3[nH+]c[nH]c3c2)c(CCOC2CCCCO2)c1. The van der Waals surface area contributed by atoms with Crippen molar-refractivity contribution < 1.29 is 14.5 Å². The summed E-state index contributed by atoms with van der Waals surface area (Å²) in [5.74, 6) is 0. The molecule has 1 aliphatic heterocycles. The van der Waals surface area contributed by atoms with Crippen molar-refractivity contribution in [2.24, 2.45) is 0 Å². The molecule has 3 N–H and O–H groups in total. The molecule has 0 amide bonds. The summed E-state index contributed by atoms with van der Waals surface area (Å²) < 4.78 is 11.5. The number of aromatic amines is 2. The van der Waals surface area contributed by atoms with Crippen LogP contribution in [0.15, 0.2) is 42.9 Å². The highest BCUT2D eigenvalue weighted by Gasteiger charge is 2.14. The first-order chi connectivity index (χ1) is 12.4. The van der Waals surface area contributed by atoms with Gasteiger partial charge in [-0.15, -0.1) is 4.98 Å². The van der Waals surface area contributed by atoms with Crippen LogP contribution in [-0.2, 0) is 15.9 Å². The van der Waals surface area contributed by atoms with E-state index >= 15 is 0 Å². The maximum atomic E-state index is 5.87. The first-order valence-corrected chi connectivity index (χ1v) is 8.81. The Kier molecular flexibility index (Phi) is 4.90. The number of ether oxygens (including phenoxy) is 2. The molecule has 3 heterocycles. The number of nitrogens with one attached hydrogen (secondary N) is 3. The van der Waals surface area contributed by atoms with Crippen molar-refractivity contribution in [3.63, 3.8) is 0 Å². The number of hydrogen-bond acceptors (Lipinski definition) is 4. The lowest BCUT2D eigenvalue weighted by Gasteiger charge is -2.22. The third-order valence-corrected chi connectivity index (χ3v) is 4.43. The fourth-order valence-electron chi connectivity index (χ4n) is 3.10. The smallest absolute Gasteiger partial charge is 0.299 e. The first-order valence-electron chi connectivity index (χ1n) is 8.81. The summed E-state index contributed by atoms with van der Waals surface area (Å²) in [4.78, 5) is 10.6. The Morgan fingerprint density at radius 1 is 1.32 bits per heavy atom. The van der Waals surface area contributed by atoms with Crippen LogP contribution >= 0.6 is 0 Å². The van der Waals surface area contributed by atoms with Crippen LogP contribution in [0.2, 0.25) is 0 Å². The van der Waals surface area contributed by atoms with Crippen LogP contribution in [0.4, 0.5) is 11.4 Å². The Hall–Kier alpha value is -2.44. The summed E-state index contributed by atoms with van der Waals surface area (Å²) in [7, 11) is 0. The average Bonchev–Trinajstić information content (AvgIpc) is 3.12. The van der Waals surface area contributed by atoms with Crippen LogP contribution in [0.3, 0.4) is 0 Å². The number of imidazole rings is 1. The molecule has 6 heteroatoms. The molecule has 1 saturated heterocycles. The normalized spacial score (nSPS) is 17.7. The zero-order valence-corrected chi connectivity index (χ0v) is 14.1. The standard InChI is InChI=1S/C19H22N4O2/c1-2-6-16(23-15-11-17-19(20-12-15)22-13-21-17)14(5-1)8-10-25-18-7-3-4-9-24-18/h1-2,5-6,11-13,18,23H,3-4,7-10H2,(H,20,21,22)/p+1. The van der Waals surface area contributed by atoms with E-state index in [1.54, 1.807) is 6.33 Å². The van der Waals surface area contributed by atoms with E-state index in [4.69, 9.17) is 9.47 Å². The van der Waals surface area contributed by atoms with Gasteiger partial charge in [-0.3, -0.25) is 4.98 Å². The van der Waals surface area contributed by atoms with Gasteiger partial charge in [0.2, 0.25) is 0 Å². The molecule has 1 fully saturated rings. The lowest BCUT2D eigenvalue weighted by Crippen LogP contribution is -2.23. The maximum absolute atomic E-state index is 5.87. The number of para-hydroxylation sites is 1. The molecule has 1 atom stereocenters. The Morgan fingerprint density at radius 2 is 2.28 bits per heavy atom. The van der Waals surface area contributed by atoms with Gasteiger partial charge in [-0.25, -0.2) is 4.98 Å². The Morgan fingerprint density at radius 3 is 3.20 bits per heavy atom. The second-order valence-electron chi connectivity index (χ2n) is 6.25. The van der Waals surface area contributed by atoms with Crippen molar-refractivity contribution in [3.05, 3.63) is 48.4 Å². The number of anilines is 2. The first kappa shape index (κ1) is 16.1. The number of rotatable bonds is 6. The zero-order valence-electron chi connectivity index (χ0n) is 14.1. The predicted octanol–water partition coefficient (Wildman–Crippen LogP) is 3.21. The average molecular weight is 339 g/mol. The monoisotopic (exact) mass is 339 g/mol.